The molecule has 0 spiro atoms. The fourth-order valence-electron chi connectivity index (χ4n) is 4.75. The van der Waals surface area contributed by atoms with Gasteiger partial charge in [0.2, 0.25) is 0 Å². The van der Waals surface area contributed by atoms with Gasteiger partial charge in [0.05, 0.1) is 18.1 Å². The summed E-state index contributed by atoms with van der Waals surface area (Å²) in [6.07, 6.45) is 7.73. The van der Waals surface area contributed by atoms with Gasteiger partial charge in [-0.15, -0.1) is 0 Å². The molecule has 6 rings (SSSR count). The molecule has 1 heterocycles. The zero-order valence-electron chi connectivity index (χ0n) is 16.3. The Balaban J connectivity index is 1.33. The summed E-state index contributed by atoms with van der Waals surface area (Å²) in [5.41, 5.74) is 1.77. The van der Waals surface area contributed by atoms with Crippen LogP contribution in [0.25, 0.3) is 0 Å². The van der Waals surface area contributed by atoms with E-state index in [2.05, 4.69) is 33.2 Å². The highest BCUT2D eigenvalue weighted by atomic mass is 79.9. The summed E-state index contributed by atoms with van der Waals surface area (Å²) in [7, 11) is 0. The van der Waals surface area contributed by atoms with Gasteiger partial charge in [0, 0.05) is 10.0 Å². The number of hydrogen-bond donors (Lipinski definition) is 0. The fourth-order valence-corrected chi connectivity index (χ4v) is 5.02. The smallest absolute Gasteiger partial charge is 0.254 e. The number of ether oxygens (including phenoxy) is 1. The Hall–Kier alpha value is -2.73. The molecule has 152 valence electrons. The Morgan fingerprint density at radius 1 is 0.967 bits per heavy atom. The third-order valence-electron chi connectivity index (χ3n) is 6.27. The van der Waals surface area contributed by atoms with Crippen molar-refractivity contribution in [3.63, 3.8) is 0 Å². The number of fused-ring (bicyclic) bond motifs is 1. The van der Waals surface area contributed by atoms with Crippen LogP contribution < -0.4 is 4.74 Å². The molecule has 1 aliphatic heterocycles. The van der Waals surface area contributed by atoms with Crippen molar-refractivity contribution < 1.29 is 14.3 Å². The van der Waals surface area contributed by atoms with Gasteiger partial charge < -0.3 is 4.74 Å². The second kappa shape index (κ2) is 7.84. The molecule has 2 fully saturated rings. The average molecular weight is 465 g/mol. The van der Waals surface area contributed by atoms with E-state index < -0.39 is 0 Å². The Labute approximate surface area is 183 Å². The molecule has 1 saturated carbocycles. The first-order valence-corrected chi connectivity index (χ1v) is 11.0. The summed E-state index contributed by atoms with van der Waals surface area (Å²) in [4.78, 5) is 25.8. The predicted molar refractivity (Wildman–Crippen MR) is 117 cm³/mol. The molecule has 6 heteroatoms. The highest BCUT2D eigenvalue weighted by Crippen LogP contribution is 2.49. The van der Waals surface area contributed by atoms with Crippen molar-refractivity contribution in [2.24, 2.45) is 28.8 Å². The van der Waals surface area contributed by atoms with Crippen LogP contribution in [-0.4, -0.2) is 23.0 Å². The van der Waals surface area contributed by atoms with E-state index in [0.29, 0.717) is 12.4 Å². The van der Waals surface area contributed by atoms with E-state index in [1.54, 1.807) is 6.21 Å². The molecule has 0 radical (unpaired) electrons. The van der Waals surface area contributed by atoms with Crippen LogP contribution in [0.4, 0.5) is 0 Å². The Morgan fingerprint density at radius 3 is 2.23 bits per heavy atom. The van der Waals surface area contributed by atoms with Crippen LogP contribution in [0.5, 0.6) is 5.75 Å². The van der Waals surface area contributed by atoms with E-state index in [0.717, 1.165) is 33.5 Å². The molecule has 2 amide bonds. The number of amides is 2. The number of halogens is 1. The van der Waals surface area contributed by atoms with Crippen molar-refractivity contribution in [3.05, 3.63) is 76.3 Å². The molecule has 0 unspecified atom stereocenters. The second-order valence-electron chi connectivity index (χ2n) is 8.03. The molecule has 5 nitrogen and oxygen atoms in total. The summed E-state index contributed by atoms with van der Waals surface area (Å²) in [5, 5.41) is 5.38. The van der Waals surface area contributed by atoms with Gasteiger partial charge in [0.15, 0.2) is 0 Å². The quantitative estimate of drug-likeness (QED) is 0.370. The number of imide groups is 1. The first-order chi connectivity index (χ1) is 14.6. The Kier molecular flexibility index (Phi) is 5.03. The monoisotopic (exact) mass is 464 g/mol. The molecule has 4 atom stereocenters. The van der Waals surface area contributed by atoms with E-state index in [1.807, 2.05) is 48.5 Å². The summed E-state index contributed by atoms with van der Waals surface area (Å²) in [5.74, 6) is 0.144. The molecule has 2 bridgehead atoms. The van der Waals surface area contributed by atoms with E-state index >= 15 is 0 Å². The van der Waals surface area contributed by atoms with Crippen LogP contribution in [-0.2, 0) is 16.2 Å². The second-order valence-corrected chi connectivity index (χ2v) is 8.94. The highest BCUT2D eigenvalue weighted by molar-refractivity contribution is 9.10. The van der Waals surface area contributed by atoms with Gasteiger partial charge in [-0.25, -0.2) is 0 Å². The highest BCUT2D eigenvalue weighted by Gasteiger charge is 2.56. The van der Waals surface area contributed by atoms with Crippen LogP contribution in [0.15, 0.2) is 70.3 Å². The molecule has 2 aromatic rings. The lowest BCUT2D eigenvalue weighted by atomic mass is 9.63. The number of carbonyl (C=O) groups excluding carboxylic acids is 2. The van der Waals surface area contributed by atoms with E-state index in [9.17, 15) is 9.59 Å². The summed E-state index contributed by atoms with van der Waals surface area (Å²) < 4.78 is 6.98. The maximum absolute atomic E-state index is 12.9. The summed E-state index contributed by atoms with van der Waals surface area (Å²) >= 11 is 3.43. The van der Waals surface area contributed by atoms with Gasteiger partial charge in [-0.05, 0) is 54.5 Å². The number of hydrogen-bond acceptors (Lipinski definition) is 4. The minimum absolute atomic E-state index is 0.165. The molecule has 0 aromatic heterocycles. The Bertz CT molecular complexity index is 1010. The largest absolute Gasteiger partial charge is 0.488 e. The first-order valence-electron chi connectivity index (χ1n) is 10.2. The van der Waals surface area contributed by atoms with Gasteiger partial charge in [0.25, 0.3) is 11.8 Å². The third-order valence-corrected chi connectivity index (χ3v) is 6.80. The topological polar surface area (TPSA) is 59.0 Å². The van der Waals surface area contributed by atoms with Crippen LogP contribution in [0.3, 0.4) is 0 Å². The zero-order valence-corrected chi connectivity index (χ0v) is 17.9. The van der Waals surface area contributed by atoms with E-state index in [-0.39, 0.29) is 35.5 Å². The minimum Gasteiger partial charge on any atom is -0.488 e. The number of rotatable bonds is 5. The molecule has 2 aromatic carbocycles. The van der Waals surface area contributed by atoms with Gasteiger partial charge in [-0.2, -0.15) is 10.1 Å². The third kappa shape index (κ3) is 3.39. The van der Waals surface area contributed by atoms with Crippen molar-refractivity contribution in [1.82, 2.24) is 5.01 Å². The molecule has 0 N–H and O–H groups in total. The van der Waals surface area contributed by atoms with Crippen molar-refractivity contribution >= 4 is 34.0 Å². The van der Waals surface area contributed by atoms with Crippen LogP contribution in [0, 0.1) is 23.7 Å². The maximum atomic E-state index is 12.9. The van der Waals surface area contributed by atoms with Crippen molar-refractivity contribution in [3.8, 4) is 5.75 Å². The lowest BCUT2D eigenvalue weighted by Gasteiger charge is -2.37. The zero-order chi connectivity index (χ0) is 20.7. The number of carbonyl (C=O) groups is 2. The van der Waals surface area contributed by atoms with Crippen molar-refractivity contribution in [2.75, 3.05) is 0 Å². The van der Waals surface area contributed by atoms with Gasteiger partial charge in [-0.1, -0.05) is 52.3 Å². The molecule has 3 aliphatic carbocycles. The van der Waals surface area contributed by atoms with Crippen LogP contribution >= 0.6 is 15.9 Å². The maximum Gasteiger partial charge on any atom is 0.254 e. The average Bonchev–Trinajstić information content (AvgIpc) is 3.05. The van der Waals surface area contributed by atoms with Gasteiger partial charge >= 0.3 is 0 Å². The normalized spacial score (nSPS) is 27.2. The van der Waals surface area contributed by atoms with Gasteiger partial charge in [0.1, 0.15) is 12.4 Å². The minimum atomic E-state index is -0.248. The van der Waals surface area contributed by atoms with Crippen LogP contribution in [0.2, 0.25) is 0 Å². The molecule has 4 aliphatic rings. The summed E-state index contributed by atoms with van der Waals surface area (Å²) in [6, 6.07) is 15.4. The summed E-state index contributed by atoms with van der Waals surface area (Å²) in [6.45, 7) is 0.416. The first kappa shape index (κ1) is 19.2. The predicted octanol–water partition coefficient (Wildman–Crippen LogP) is 4.56. The van der Waals surface area contributed by atoms with E-state index in [4.69, 9.17) is 4.74 Å². The Morgan fingerprint density at radius 2 is 1.60 bits per heavy atom. The lowest BCUT2D eigenvalue weighted by Crippen LogP contribution is -2.38. The molecule has 1 saturated heterocycles. The van der Waals surface area contributed by atoms with E-state index in [1.165, 1.54) is 0 Å². The number of nitrogens with zero attached hydrogens (tertiary/aromatic N) is 2. The van der Waals surface area contributed by atoms with Gasteiger partial charge in [-0.3, -0.25) is 9.59 Å². The number of allylic oxidation sites excluding steroid dienone is 2. The molecular formula is C24H21BrN2O3. The van der Waals surface area contributed by atoms with Crippen LogP contribution in [0.1, 0.15) is 24.0 Å². The van der Waals surface area contributed by atoms with Crippen molar-refractivity contribution in [2.45, 2.75) is 19.4 Å². The number of hydrazone groups is 1. The molecule has 30 heavy (non-hydrogen) atoms. The standard InChI is InChI=1S/C24H21BrN2O3/c25-19-11-5-15(6-12-19)14-30-20-4-2-1-3-18(20)13-26-27-23(28)21-16-7-8-17(10-9-16)22(21)24(27)29/h1-8,11-13,16-17,21-22H,9-10,14H2/b26-13-/t16-,17-,21-,22-/m0/s1. The van der Waals surface area contributed by atoms with Crippen molar-refractivity contribution in [1.29, 1.82) is 0 Å². The lowest BCUT2D eigenvalue weighted by molar-refractivity contribution is -0.140. The SMILES string of the molecule is O=C1[C@@H]2[C@@H](C(=O)N1/N=C\c1ccccc1OCc1ccc(Br)cc1)[C@H]1C=C[C@H]2CC1. The fraction of sp³-hybridized carbons (Fsp3) is 0.292. The number of para-hydroxylation sites is 1. The number of benzene rings is 2. The molecular weight excluding hydrogens is 444 g/mol.